The third kappa shape index (κ3) is 5.76. The molecule has 2 aromatic rings. The maximum Gasteiger partial charge on any atom is 0.338 e. The van der Waals surface area contributed by atoms with E-state index in [2.05, 4.69) is 26.2 Å². The van der Waals surface area contributed by atoms with E-state index in [1.165, 1.54) is 11.8 Å². The average Bonchev–Trinajstić information content (AvgIpc) is 3.32. The van der Waals surface area contributed by atoms with E-state index >= 15 is 0 Å². The molecule has 0 aliphatic carbocycles. The van der Waals surface area contributed by atoms with E-state index in [0.29, 0.717) is 35.1 Å². The van der Waals surface area contributed by atoms with Crippen molar-refractivity contribution >= 4 is 50.4 Å². The number of esters is 1. The Morgan fingerprint density at radius 1 is 1.08 bits per heavy atom. The summed E-state index contributed by atoms with van der Waals surface area (Å²) in [5, 5.41) is 5.52. The van der Waals surface area contributed by atoms with Gasteiger partial charge in [0.15, 0.2) is 23.3 Å². The van der Waals surface area contributed by atoms with Gasteiger partial charge in [-0.1, -0.05) is 33.8 Å². The minimum absolute atomic E-state index is 0.186. The van der Waals surface area contributed by atoms with Gasteiger partial charge in [0.25, 0.3) is 5.91 Å². The van der Waals surface area contributed by atoms with Crippen molar-refractivity contribution in [2.24, 2.45) is 4.99 Å². The topological polar surface area (TPSA) is 89.5 Å². The van der Waals surface area contributed by atoms with Gasteiger partial charge in [-0.25, -0.2) is 9.79 Å². The Bertz CT molecular complexity index is 1240. The lowest BCUT2D eigenvalue weighted by atomic mass is 9.94. The van der Waals surface area contributed by atoms with Crippen LogP contribution in [0.5, 0.6) is 11.5 Å². The number of thioether (sulfide) groups is 1. The summed E-state index contributed by atoms with van der Waals surface area (Å²) in [7, 11) is 0. The number of benzene rings is 2. The van der Waals surface area contributed by atoms with E-state index in [4.69, 9.17) is 14.2 Å². The molecule has 0 saturated heterocycles. The van der Waals surface area contributed by atoms with Gasteiger partial charge < -0.3 is 24.4 Å². The van der Waals surface area contributed by atoms with Crippen LogP contribution in [-0.2, 0) is 14.3 Å². The molecule has 0 spiro atoms. The predicted molar refractivity (Wildman–Crippen MR) is 144 cm³/mol. The van der Waals surface area contributed by atoms with Crippen molar-refractivity contribution in [3.05, 3.63) is 75.4 Å². The minimum Gasteiger partial charge on any atom is -0.490 e. The monoisotopic (exact) mass is 571 g/mol. The fourth-order valence-corrected chi connectivity index (χ4v) is 4.91. The largest absolute Gasteiger partial charge is 0.490 e. The summed E-state index contributed by atoms with van der Waals surface area (Å²) in [4.78, 5) is 31.8. The van der Waals surface area contributed by atoms with Gasteiger partial charge in [0, 0.05) is 16.4 Å². The first kappa shape index (κ1) is 25.8. The lowest BCUT2D eigenvalue weighted by Gasteiger charge is -2.33. The summed E-state index contributed by atoms with van der Waals surface area (Å²) in [6, 6.07) is 12.3. The van der Waals surface area contributed by atoms with Crippen LogP contribution in [0.25, 0.3) is 0 Å². The molecule has 188 valence electrons. The van der Waals surface area contributed by atoms with E-state index in [1.807, 2.05) is 54.6 Å². The molecule has 36 heavy (non-hydrogen) atoms. The van der Waals surface area contributed by atoms with Crippen LogP contribution < -0.4 is 14.8 Å². The van der Waals surface area contributed by atoms with Gasteiger partial charge in [-0.05, 0) is 68.1 Å². The summed E-state index contributed by atoms with van der Waals surface area (Å²) >= 11 is 4.87. The van der Waals surface area contributed by atoms with Crippen molar-refractivity contribution in [1.29, 1.82) is 0 Å². The number of amides is 1. The van der Waals surface area contributed by atoms with Crippen LogP contribution in [0.4, 0.5) is 5.69 Å². The molecule has 2 heterocycles. The molecule has 4 rings (SSSR count). The van der Waals surface area contributed by atoms with Crippen LogP contribution in [-0.4, -0.2) is 41.8 Å². The molecule has 1 atom stereocenters. The van der Waals surface area contributed by atoms with E-state index in [0.717, 1.165) is 15.2 Å². The number of halogens is 1. The number of nitrogens with zero attached hydrogens (tertiary/aromatic N) is 2. The Balaban J connectivity index is 1.57. The second-order valence-electron chi connectivity index (χ2n) is 7.81. The van der Waals surface area contributed by atoms with E-state index in [9.17, 15) is 9.59 Å². The smallest absolute Gasteiger partial charge is 0.338 e. The summed E-state index contributed by atoms with van der Waals surface area (Å²) in [6.07, 6.45) is 1.90. The summed E-state index contributed by atoms with van der Waals surface area (Å²) in [6.45, 7) is 5.94. The zero-order valence-electron chi connectivity index (χ0n) is 20.1. The number of anilines is 1. The Kier molecular flexibility index (Phi) is 8.37. The van der Waals surface area contributed by atoms with Crippen molar-refractivity contribution in [2.75, 3.05) is 25.1 Å². The SMILES string of the molecule is CCOC(=O)C1=C(C)N=C2SC=CN2[C@H]1c1ccc(OCC(=O)Nc2ccc(Br)cc2)c(OCC)c1. The van der Waals surface area contributed by atoms with Gasteiger partial charge in [-0.2, -0.15) is 0 Å². The molecule has 10 heteroatoms. The highest BCUT2D eigenvalue weighted by atomic mass is 79.9. The molecule has 0 saturated carbocycles. The first-order valence-electron chi connectivity index (χ1n) is 11.4. The van der Waals surface area contributed by atoms with Crippen LogP contribution >= 0.6 is 27.7 Å². The van der Waals surface area contributed by atoms with Crippen LogP contribution in [0.1, 0.15) is 32.4 Å². The summed E-state index contributed by atoms with van der Waals surface area (Å²) in [5.74, 6) is 0.212. The van der Waals surface area contributed by atoms with Crippen molar-refractivity contribution in [2.45, 2.75) is 26.8 Å². The standard InChI is InChI=1S/C26H26BrN3O5S/c1-4-33-21-14-17(6-11-20(21)35-15-22(31)29-19-9-7-18(27)8-10-19)24-23(25(32)34-5-2)16(3)28-26-30(24)12-13-36-26/h6-14,24H,4-5,15H2,1-3H3,(H,29,31)/t24-/m0/s1. The molecule has 1 N–H and O–H groups in total. The van der Waals surface area contributed by atoms with E-state index < -0.39 is 12.0 Å². The van der Waals surface area contributed by atoms with Crippen molar-refractivity contribution in [1.82, 2.24) is 4.90 Å². The van der Waals surface area contributed by atoms with Crippen LogP contribution in [0, 0.1) is 0 Å². The molecule has 0 radical (unpaired) electrons. The second-order valence-corrected chi connectivity index (χ2v) is 9.60. The van der Waals surface area contributed by atoms with Crippen molar-refractivity contribution in [3.8, 4) is 11.5 Å². The molecule has 0 aromatic heterocycles. The Labute approximate surface area is 222 Å². The highest BCUT2D eigenvalue weighted by Gasteiger charge is 2.37. The molecule has 2 aliphatic rings. The number of carbonyl (C=O) groups is 2. The van der Waals surface area contributed by atoms with Crippen LogP contribution in [0.2, 0.25) is 0 Å². The fourth-order valence-electron chi connectivity index (χ4n) is 3.85. The lowest BCUT2D eigenvalue weighted by Crippen LogP contribution is -2.34. The third-order valence-corrected chi connectivity index (χ3v) is 6.69. The quantitative estimate of drug-likeness (QED) is 0.390. The zero-order chi connectivity index (χ0) is 25.7. The number of amidine groups is 1. The molecular formula is C26H26BrN3O5S. The Morgan fingerprint density at radius 2 is 1.86 bits per heavy atom. The van der Waals surface area contributed by atoms with Crippen LogP contribution in [0.15, 0.2) is 74.8 Å². The Morgan fingerprint density at radius 3 is 2.58 bits per heavy atom. The maximum atomic E-state index is 12.9. The molecule has 2 aromatic carbocycles. The van der Waals surface area contributed by atoms with E-state index in [1.54, 1.807) is 25.1 Å². The molecular weight excluding hydrogens is 546 g/mol. The van der Waals surface area contributed by atoms with Gasteiger partial charge >= 0.3 is 5.97 Å². The fraction of sp³-hybridized carbons (Fsp3) is 0.269. The predicted octanol–water partition coefficient (Wildman–Crippen LogP) is 5.63. The molecule has 0 bridgehead atoms. The highest BCUT2D eigenvalue weighted by molar-refractivity contribution is 9.10. The molecule has 0 fully saturated rings. The minimum atomic E-state index is -0.434. The van der Waals surface area contributed by atoms with E-state index in [-0.39, 0.29) is 19.1 Å². The maximum absolute atomic E-state index is 12.9. The number of fused-ring (bicyclic) bond motifs is 1. The van der Waals surface area contributed by atoms with Gasteiger partial charge in [-0.3, -0.25) is 4.79 Å². The number of carbonyl (C=O) groups excluding carboxylic acids is 2. The molecule has 0 unspecified atom stereocenters. The van der Waals surface area contributed by atoms with Gasteiger partial charge in [0.05, 0.1) is 30.5 Å². The number of aliphatic imine (C=N–C) groups is 1. The van der Waals surface area contributed by atoms with Gasteiger partial charge in [0.2, 0.25) is 0 Å². The zero-order valence-corrected chi connectivity index (χ0v) is 22.5. The number of nitrogens with one attached hydrogen (secondary N) is 1. The number of ether oxygens (including phenoxy) is 3. The highest BCUT2D eigenvalue weighted by Crippen LogP contribution is 2.43. The summed E-state index contributed by atoms with van der Waals surface area (Å²) in [5.41, 5.74) is 2.57. The number of rotatable bonds is 9. The normalized spacial score (nSPS) is 16.4. The third-order valence-electron chi connectivity index (χ3n) is 5.39. The van der Waals surface area contributed by atoms with Gasteiger partial charge in [0.1, 0.15) is 0 Å². The first-order valence-corrected chi connectivity index (χ1v) is 13.1. The van der Waals surface area contributed by atoms with Crippen molar-refractivity contribution in [3.63, 3.8) is 0 Å². The second kappa shape index (κ2) is 11.7. The molecule has 2 aliphatic heterocycles. The number of hydrogen-bond acceptors (Lipinski definition) is 8. The first-order chi connectivity index (χ1) is 17.4. The Hall–Kier alpha value is -3.24. The van der Waals surface area contributed by atoms with Crippen molar-refractivity contribution < 1.29 is 23.8 Å². The number of allylic oxidation sites excluding steroid dienone is 1. The van der Waals surface area contributed by atoms with Gasteiger partial charge in [-0.15, -0.1) is 0 Å². The average molecular weight is 572 g/mol. The molecule has 8 nitrogen and oxygen atoms in total. The van der Waals surface area contributed by atoms with Crippen LogP contribution in [0.3, 0.4) is 0 Å². The summed E-state index contributed by atoms with van der Waals surface area (Å²) < 4.78 is 17.9. The lowest BCUT2D eigenvalue weighted by molar-refractivity contribution is -0.139. The number of hydrogen-bond donors (Lipinski definition) is 1. The molecule has 1 amide bonds.